The van der Waals surface area contributed by atoms with E-state index in [2.05, 4.69) is 25.6 Å². The Labute approximate surface area is 189 Å². The molecule has 1 N–H and O–H groups in total. The molecule has 0 saturated carbocycles. The zero-order valence-electron chi connectivity index (χ0n) is 18.2. The van der Waals surface area contributed by atoms with Gasteiger partial charge in [0.1, 0.15) is 29.6 Å². The number of amides is 1. The van der Waals surface area contributed by atoms with Crippen molar-refractivity contribution in [1.29, 1.82) is 0 Å². The Morgan fingerprint density at radius 2 is 2.21 bits per heavy atom. The van der Waals surface area contributed by atoms with Gasteiger partial charge in [0.15, 0.2) is 5.89 Å². The number of hydrogen-bond acceptors (Lipinski definition) is 8. The lowest BCUT2D eigenvalue weighted by Crippen LogP contribution is -2.34. The molecule has 1 aromatic carbocycles. The molecule has 4 heterocycles. The minimum absolute atomic E-state index is 0.0736. The number of hydrogen-bond donors (Lipinski definition) is 1. The molecule has 0 fully saturated rings. The van der Waals surface area contributed by atoms with Crippen molar-refractivity contribution >= 4 is 12.0 Å². The van der Waals surface area contributed by atoms with Gasteiger partial charge in [-0.25, -0.2) is 4.98 Å². The standard InChI is InChI=1S/C23H22N6O4/c1-14-20(24-15(2)33-14)13-32-21-11-17-12-29(22(30)6-5-18-4-3-9-31-18)8-7-16(17)10-19(21)23-25-27-28-26-23/h3-6,9-11H,7-8,12-13H2,1-2H3,(H,25,26,27,28)/b6-5+. The smallest absolute Gasteiger partial charge is 0.246 e. The highest BCUT2D eigenvalue weighted by molar-refractivity contribution is 5.91. The highest BCUT2D eigenvalue weighted by Crippen LogP contribution is 2.34. The van der Waals surface area contributed by atoms with Crippen LogP contribution in [0.1, 0.15) is 34.2 Å². The molecule has 0 atom stereocenters. The SMILES string of the molecule is Cc1nc(COc2cc3c(cc2-c2nn[nH]n2)CCN(C(=O)/C=C/c2ccco2)C3)c(C)o1. The molecule has 3 aromatic heterocycles. The van der Waals surface area contributed by atoms with Crippen LogP contribution in [-0.2, 0) is 24.4 Å². The number of carbonyl (C=O) groups excluding carboxylic acids is 1. The van der Waals surface area contributed by atoms with Gasteiger partial charge in [-0.1, -0.05) is 0 Å². The van der Waals surface area contributed by atoms with E-state index in [4.69, 9.17) is 13.6 Å². The first-order valence-corrected chi connectivity index (χ1v) is 10.5. The van der Waals surface area contributed by atoms with Gasteiger partial charge in [0.25, 0.3) is 0 Å². The van der Waals surface area contributed by atoms with Crippen LogP contribution in [0.4, 0.5) is 0 Å². The van der Waals surface area contributed by atoms with Crippen LogP contribution in [-0.4, -0.2) is 43.0 Å². The van der Waals surface area contributed by atoms with Crippen molar-refractivity contribution in [3.05, 3.63) is 70.8 Å². The van der Waals surface area contributed by atoms with Crippen LogP contribution in [0.15, 0.2) is 45.4 Å². The summed E-state index contributed by atoms with van der Waals surface area (Å²) in [4.78, 5) is 18.9. The molecule has 168 valence electrons. The molecule has 1 amide bonds. The summed E-state index contributed by atoms with van der Waals surface area (Å²) in [5, 5.41) is 14.4. The van der Waals surface area contributed by atoms with E-state index >= 15 is 0 Å². The fourth-order valence-corrected chi connectivity index (χ4v) is 3.84. The number of H-pyrrole nitrogens is 1. The summed E-state index contributed by atoms with van der Waals surface area (Å²) in [5.41, 5.74) is 3.59. The molecular formula is C23H22N6O4. The molecule has 1 aliphatic rings. The topological polar surface area (TPSA) is 123 Å². The number of nitrogens with one attached hydrogen (secondary N) is 1. The lowest BCUT2D eigenvalue weighted by atomic mass is 9.96. The zero-order valence-corrected chi connectivity index (χ0v) is 18.2. The van der Waals surface area contributed by atoms with Gasteiger partial charge in [-0.2, -0.15) is 5.21 Å². The summed E-state index contributed by atoms with van der Waals surface area (Å²) < 4.78 is 16.9. The number of oxazole rings is 1. The Morgan fingerprint density at radius 1 is 1.30 bits per heavy atom. The molecule has 1 aliphatic heterocycles. The Balaban J connectivity index is 1.40. The van der Waals surface area contributed by atoms with E-state index < -0.39 is 0 Å². The van der Waals surface area contributed by atoms with E-state index in [-0.39, 0.29) is 12.5 Å². The molecule has 10 heteroatoms. The van der Waals surface area contributed by atoms with Crippen molar-refractivity contribution in [3.63, 3.8) is 0 Å². The van der Waals surface area contributed by atoms with Gasteiger partial charge in [0, 0.05) is 26.1 Å². The molecule has 0 unspecified atom stereocenters. The number of carbonyl (C=O) groups is 1. The van der Waals surface area contributed by atoms with Crippen molar-refractivity contribution in [1.82, 2.24) is 30.5 Å². The Bertz CT molecular complexity index is 1290. The van der Waals surface area contributed by atoms with Crippen LogP contribution in [0.2, 0.25) is 0 Å². The van der Waals surface area contributed by atoms with Crippen molar-refractivity contribution < 1.29 is 18.4 Å². The van der Waals surface area contributed by atoms with Crippen LogP contribution in [0.25, 0.3) is 17.5 Å². The second-order valence-corrected chi connectivity index (χ2v) is 7.74. The van der Waals surface area contributed by atoms with Gasteiger partial charge in [-0.15, -0.1) is 10.2 Å². The van der Waals surface area contributed by atoms with Crippen LogP contribution < -0.4 is 4.74 Å². The van der Waals surface area contributed by atoms with Gasteiger partial charge in [0.2, 0.25) is 11.7 Å². The predicted octanol–water partition coefficient (Wildman–Crippen LogP) is 3.24. The lowest BCUT2D eigenvalue weighted by Gasteiger charge is -2.29. The molecule has 4 aromatic rings. The quantitative estimate of drug-likeness (QED) is 0.448. The number of aromatic amines is 1. The molecule has 0 radical (unpaired) electrons. The third-order valence-corrected chi connectivity index (χ3v) is 5.51. The number of tetrazole rings is 1. The molecular weight excluding hydrogens is 424 g/mol. The summed E-state index contributed by atoms with van der Waals surface area (Å²) in [6, 6.07) is 7.54. The van der Waals surface area contributed by atoms with Crippen molar-refractivity contribution in [2.45, 2.75) is 33.4 Å². The lowest BCUT2D eigenvalue weighted by molar-refractivity contribution is -0.126. The van der Waals surface area contributed by atoms with E-state index in [9.17, 15) is 4.79 Å². The van der Waals surface area contributed by atoms with Gasteiger partial charge < -0.3 is 18.5 Å². The zero-order chi connectivity index (χ0) is 22.8. The molecule has 0 saturated heterocycles. The monoisotopic (exact) mass is 446 g/mol. The first-order valence-electron chi connectivity index (χ1n) is 10.5. The number of aryl methyl sites for hydroxylation is 2. The molecule has 10 nitrogen and oxygen atoms in total. The van der Waals surface area contributed by atoms with E-state index in [1.54, 1.807) is 36.3 Å². The first kappa shape index (κ1) is 20.7. The third-order valence-electron chi connectivity index (χ3n) is 5.51. The number of nitrogens with zero attached hydrogens (tertiary/aromatic N) is 5. The fraction of sp³-hybridized carbons (Fsp3) is 0.261. The molecule has 0 aliphatic carbocycles. The molecule has 33 heavy (non-hydrogen) atoms. The highest BCUT2D eigenvalue weighted by Gasteiger charge is 2.23. The van der Waals surface area contributed by atoms with Gasteiger partial charge >= 0.3 is 0 Å². The average molecular weight is 446 g/mol. The van der Waals surface area contributed by atoms with Crippen molar-refractivity contribution in [2.75, 3.05) is 6.54 Å². The van der Waals surface area contributed by atoms with Gasteiger partial charge in [0.05, 0.1) is 11.8 Å². The summed E-state index contributed by atoms with van der Waals surface area (Å²) >= 11 is 0. The van der Waals surface area contributed by atoms with Crippen LogP contribution in [0.5, 0.6) is 5.75 Å². The average Bonchev–Trinajstić information content (AvgIpc) is 3.58. The number of aromatic nitrogens is 5. The number of ether oxygens (including phenoxy) is 1. The van der Waals surface area contributed by atoms with Gasteiger partial charge in [-0.3, -0.25) is 4.79 Å². The fourth-order valence-electron chi connectivity index (χ4n) is 3.84. The second-order valence-electron chi connectivity index (χ2n) is 7.74. The summed E-state index contributed by atoms with van der Waals surface area (Å²) in [5.74, 6) is 2.91. The molecule has 0 bridgehead atoms. The van der Waals surface area contributed by atoms with Crippen molar-refractivity contribution in [3.8, 4) is 17.1 Å². The Morgan fingerprint density at radius 3 is 2.94 bits per heavy atom. The minimum atomic E-state index is -0.0736. The maximum absolute atomic E-state index is 12.7. The van der Waals surface area contributed by atoms with Crippen molar-refractivity contribution in [2.24, 2.45) is 0 Å². The Kier molecular flexibility index (Phi) is 5.47. The summed E-state index contributed by atoms with van der Waals surface area (Å²) in [7, 11) is 0. The normalized spacial score (nSPS) is 13.5. The van der Waals surface area contributed by atoms with Crippen LogP contribution in [0.3, 0.4) is 0 Å². The molecule has 0 spiro atoms. The summed E-state index contributed by atoms with van der Waals surface area (Å²) in [6.45, 7) is 4.97. The van der Waals surface area contributed by atoms with Crippen LogP contribution >= 0.6 is 0 Å². The number of furan rings is 1. The second kappa shape index (κ2) is 8.73. The predicted molar refractivity (Wildman–Crippen MR) is 117 cm³/mol. The van der Waals surface area contributed by atoms with Gasteiger partial charge in [-0.05, 0) is 60.0 Å². The maximum atomic E-state index is 12.7. The number of benzene rings is 1. The number of fused-ring (bicyclic) bond motifs is 1. The van der Waals surface area contributed by atoms with E-state index in [1.807, 2.05) is 19.1 Å². The largest absolute Gasteiger partial charge is 0.486 e. The first-order chi connectivity index (χ1) is 16.1. The minimum Gasteiger partial charge on any atom is -0.486 e. The summed E-state index contributed by atoms with van der Waals surface area (Å²) in [6.07, 6.45) is 5.49. The third kappa shape index (κ3) is 4.40. The van der Waals surface area contributed by atoms with E-state index in [1.165, 1.54) is 6.08 Å². The van der Waals surface area contributed by atoms with E-state index in [0.717, 1.165) is 22.4 Å². The van der Waals surface area contributed by atoms with E-state index in [0.29, 0.717) is 48.5 Å². The van der Waals surface area contributed by atoms with Crippen LogP contribution in [0, 0.1) is 13.8 Å². The molecule has 5 rings (SSSR count). The number of rotatable bonds is 6. The Hall–Kier alpha value is -4.21. The maximum Gasteiger partial charge on any atom is 0.246 e. The highest BCUT2D eigenvalue weighted by atomic mass is 16.5.